The van der Waals surface area contributed by atoms with Gasteiger partial charge in [0, 0.05) is 40.8 Å². The van der Waals surface area contributed by atoms with Crippen LogP contribution in [0.1, 0.15) is 45.4 Å². The van der Waals surface area contributed by atoms with Crippen LogP contribution in [0.25, 0.3) is 0 Å². The Morgan fingerprint density at radius 3 is 2.00 bits per heavy atom. The fourth-order valence-electron chi connectivity index (χ4n) is 0.780. The maximum absolute atomic E-state index is 3.78. The molecule has 0 rings (SSSR count). The van der Waals surface area contributed by atoms with Gasteiger partial charge in [-0.15, -0.1) is 0 Å². The van der Waals surface area contributed by atoms with Crippen molar-refractivity contribution in [1.29, 1.82) is 0 Å². The molecular formula is C8H17Nd. The van der Waals surface area contributed by atoms with E-state index in [-0.39, 0.29) is 40.8 Å². The summed E-state index contributed by atoms with van der Waals surface area (Å²) in [6.07, 6.45) is 7.98. The largest absolute Gasteiger partial charge is 0.0654 e. The summed E-state index contributed by atoms with van der Waals surface area (Å²) in [5, 5.41) is 0. The fourth-order valence-corrected chi connectivity index (χ4v) is 0.780. The third-order valence-corrected chi connectivity index (χ3v) is 1.35. The first-order valence-electron chi connectivity index (χ1n) is 3.71. The van der Waals surface area contributed by atoms with Gasteiger partial charge in [0.05, 0.1) is 0 Å². The van der Waals surface area contributed by atoms with Gasteiger partial charge in [-0.3, -0.25) is 0 Å². The van der Waals surface area contributed by atoms with Gasteiger partial charge in [-0.1, -0.05) is 52.4 Å². The van der Waals surface area contributed by atoms with Crippen LogP contribution < -0.4 is 0 Å². The Hall–Kier alpha value is 1.35. The minimum atomic E-state index is 0. The van der Waals surface area contributed by atoms with Crippen LogP contribution in [-0.4, -0.2) is 0 Å². The minimum Gasteiger partial charge on any atom is -0.0654 e. The second-order valence-corrected chi connectivity index (χ2v) is 2.27. The quantitative estimate of drug-likeness (QED) is 0.664. The van der Waals surface area contributed by atoms with E-state index in [4.69, 9.17) is 0 Å². The van der Waals surface area contributed by atoms with Gasteiger partial charge in [0.1, 0.15) is 0 Å². The van der Waals surface area contributed by atoms with E-state index < -0.39 is 0 Å². The summed E-state index contributed by atoms with van der Waals surface area (Å²) in [6, 6.07) is 0. The molecule has 0 aliphatic heterocycles. The molecular weight excluding hydrogens is 240 g/mol. The minimum absolute atomic E-state index is 0. The second-order valence-electron chi connectivity index (χ2n) is 2.27. The van der Waals surface area contributed by atoms with Gasteiger partial charge in [0.15, 0.2) is 0 Å². The zero-order valence-electron chi connectivity index (χ0n) is 6.45. The van der Waals surface area contributed by atoms with E-state index in [1.807, 2.05) is 0 Å². The molecule has 0 atom stereocenters. The molecule has 0 aliphatic rings. The number of unbranched alkanes of at least 4 members (excludes halogenated alkanes) is 5. The van der Waals surface area contributed by atoms with Crippen LogP contribution in [0.15, 0.2) is 0 Å². The number of hydrogen-bond acceptors (Lipinski definition) is 0. The predicted molar refractivity (Wildman–Crippen MR) is 38.7 cm³/mol. The molecule has 0 saturated heterocycles. The molecule has 1 radical (unpaired) electrons. The van der Waals surface area contributed by atoms with Crippen LogP contribution in [-0.2, 0) is 0 Å². The van der Waals surface area contributed by atoms with Gasteiger partial charge in [-0.2, -0.15) is 0 Å². The van der Waals surface area contributed by atoms with E-state index in [0.717, 1.165) is 6.42 Å². The first kappa shape index (κ1) is 13.0. The SMILES string of the molecule is [CH2]CCCCCCC.[Nd]. The molecule has 0 fully saturated rings. The van der Waals surface area contributed by atoms with Crippen molar-refractivity contribution in [3.8, 4) is 0 Å². The fraction of sp³-hybridized carbons (Fsp3) is 0.875. The Bertz CT molecular complexity index is 29.5. The molecule has 0 amide bonds. The summed E-state index contributed by atoms with van der Waals surface area (Å²) in [6.45, 7) is 6.02. The van der Waals surface area contributed by atoms with Crippen LogP contribution in [0.4, 0.5) is 0 Å². The molecule has 0 aromatic carbocycles. The molecule has 0 aromatic heterocycles. The molecule has 9 heavy (non-hydrogen) atoms. The van der Waals surface area contributed by atoms with Crippen molar-refractivity contribution in [3.05, 3.63) is 6.92 Å². The van der Waals surface area contributed by atoms with Crippen molar-refractivity contribution < 1.29 is 40.8 Å². The summed E-state index contributed by atoms with van der Waals surface area (Å²) in [7, 11) is 0. The molecule has 0 aromatic rings. The van der Waals surface area contributed by atoms with Gasteiger partial charge in [0.25, 0.3) is 0 Å². The number of hydrogen-bond donors (Lipinski definition) is 0. The number of rotatable bonds is 5. The molecule has 0 nitrogen and oxygen atoms in total. The molecule has 0 unspecified atom stereocenters. The van der Waals surface area contributed by atoms with Crippen molar-refractivity contribution in [2.24, 2.45) is 0 Å². The topological polar surface area (TPSA) is 0 Å². The van der Waals surface area contributed by atoms with E-state index in [1.54, 1.807) is 0 Å². The zero-order valence-corrected chi connectivity index (χ0v) is 9.66. The van der Waals surface area contributed by atoms with E-state index in [2.05, 4.69) is 13.8 Å². The molecule has 53 valence electrons. The summed E-state index contributed by atoms with van der Waals surface area (Å²) >= 11 is 0. The Labute approximate surface area is 92.3 Å². The summed E-state index contributed by atoms with van der Waals surface area (Å²) < 4.78 is 0. The van der Waals surface area contributed by atoms with Crippen molar-refractivity contribution in [2.75, 3.05) is 0 Å². The first-order chi connectivity index (χ1) is 3.91. The molecule has 0 N–H and O–H groups in total. The van der Waals surface area contributed by atoms with Crippen molar-refractivity contribution >= 4 is 0 Å². The van der Waals surface area contributed by atoms with Gasteiger partial charge in [-0.05, 0) is 0 Å². The third kappa shape index (κ3) is 12.5. The molecule has 0 saturated carbocycles. The monoisotopic (exact) mass is 255 g/mol. The summed E-state index contributed by atoms with van der Waals surface area (Å²) in [5.74, 6) is 0. The van der Waals surface area contributed by atoms with E-state index in [9.17, 15) is 0 Å². The van der Waals surface area contributed by atoms with E-state index in [0.29, 0.717) is 0 Å². The third-order valence-electron chi connectivity index (χ3n) is 1.35. The first-order valence-corrected chi connectivity index (χ1v) is 3.71. The molecule has 0 spiro atoms. The van der Waals surface area contributed by atoms with Crippen LogP contribution >= 0.6 is 0 Å². The Kier molecular flexibility index (Phi) is 17.4. The van der Waals surface area contributed by atoms with Crippen molar-refractivity contribution in [2.45, 2.75) is 45.4 Å². The maximum Gasteiger partial charge on any atom is 0 e. The smallest absolute Gasteiger partial charge is 0 e. The van der Waals surface area contributed by atoms with Crippen LogP contribution in [0, 0.1) is 47.8 Å². The van der Waals surface area contributed by atoms with Gasteiger partial charge in [-0.25, -0.2) is 0 Å². The molecule has 0 bridgehead atoms. The van der Waals surface area contributed by atoms with Crippen molar-refractivity contribution in [1.82, 2.24) is 0 Å². The summed E-state index contributed by atoms with van der Waals surface area (Å²) in [5.41, 5.74) is 0. The Morgan fingerprint density at radius 2 is 1.56 bits per heavy atom. The van der Waals surface area contributed by atoms with Crippen molar-refractivity contribution in [3.63, 3.8) is 0 Å². The maximum atomic E-state index is 3.78. The van der Waals surface area contributed by atoms with Gasteiger partial charge < -0.3 is 0 Å². The Morgan fingerprint density at radius 1 is 1.00 bits per heavy atom. The molecule has 0 heterocycles. The zero-order chi connectivity index (χ0) is 6.24. The van der Waals surface area contributed by atoms with Gasteiger partial charge in [0.2, 0.25) is 0 Å². The van der Waals surface area contributed by atoms with E-state index in [1.165, 1.54) is 32.1 Å². The van der Waals surface area contributed by atoms with E-state index >= 15 is 0 Å². The van der Waals surface area contributed by atoms with Crippen LogP contribution in [0.2, 0.25) is 0 Å². The van der Waals surface area contributed by atoms with Gasteiger partial charge >= 0.3 is 0 Å². The molecule has 0 aliphatic carbocycles. The normalized spacial score (nSPS) is 8.67. The Balaban J connectivity index is 0. The van der Waals surface area contributed by atoms with Crippen LogP contribution in [0.5, 0.6) is 0 Å². The summed E-state index contributed by atoms with van der Waals surface area (Å²) in [4.78, 5) is 0. The average Bonchev–Trinajstić information content (AvgIpc) is 1.81. The standard InChI is InChI=1S/C8H17.Nd/c1-3-5-7-8-6-4-2;/h1,3-8H2,2H3;. The second kappa shape index (κ2) is 12.1. The van der Waals surface area contributed by atoms with Crippen LogP contribution in [0.3, 0.4) is 0 Å². The molecule has 1 heteroatoms. The predicted octanol–water partition coefficient (Wildman–Crippen LogP) is 3.18. The average molecular weight is 257 g/mol.